The van der Waals surface area contributed by atoms with Crippen LogP contribution in [0.3, 0.4) is 0 Å². The van der Waals surface area contributed by atoms with Crippen LogP contribution in [0.1, 0.15) is 5.56 Å². The van der Waals surface area contributed by atoms with Crippen molar-refractivity contribution in [2.75, 3.05) is 11.9 Å². The molecule has 1 aromatic heterocycles. The molecule has 0 aliphatic carbocycles. The highest BCUT2D eigenvalue weighted by molar-refractivity contribution is 5.92. The summed E-state index contributed by atoms with van der Waals surface area (Å²) in [5.41, 5.74) is 1.64. The van der Waals surface area contributed by atoms with Crippen LogP contribution < -0.4 is 10.1 Å². The Labute approximate surface area is 154 Å². The molecule has 0 saturated carbocycles. The van der Waals surface area contributed by atoms with Crippen molar-refractivity contribution in [3.05, 3.63) is 66.5 Å². The molecular weight excluding hydrogens is 350 g/mol. The van der Waals surface area contributed by atoms with Gasteiger partial charge in [-0.05, 0) is 40.3 Å². The van der Waals surface area contributed by atoms with Crippen molar-refractivity contribution in [2.24, 2.45) is 0 Å². The van der Waals surface area contributed by atoms with Crippen LogP contribution >= 0.6 is 0 Å². The van der Waals surface area contributed by atoms with Gasteiger partial charge in [-0.3, -0.25) is 9.59 Å². The first kappa shape index (κ1) is 18.1. The second-order valence-electron chi connectivity index (χ2n) is 5.51. The minimum atomic E-state index is -0.609. The van der Waals surface area contributed by atoms with E-state index in [9.17, 15) is 9.59 Å². The van der Waals surface area contributed by atoms with Crippen LogP contribution in [0.25, 0.3) is 0 Å². The number of hydrogen-bond acceptors (Lipinski definition) is 7. The van der Waals surface area contributed by atoms with Gasteiger partial charge < -0.3 is 14.8 Å². The highest BCUT2D eigenvalue weighted by Crippen LogP contribution is 2.17. The number of tetrazole rings is 1. The Morgan fingerprint density at radius 3 is 2.52 bits per heavy atom. The average molecular weight is 367 g/mol. The van der Waals surface area contributed by atoms with Crippen LogP contribution in [-0.4, -0.2) is 38.7 Å². The minimum absolute atomic E-state index is 0.159. The maximum atomic E-state index is 11.8. The molecule has 0 unspecified atom stereocenters. The Balaban J connectivity index is 1.40. The van der Waals surface area contributed by atoms with Crippen LogP contribution in [-0.2, 0) is 27.5 Å². The zero-order valence-electron chi connectivity index (χ0n) is 14.3. The van der Waals surface area contributed by atoms with Gasteiger partial charge in [0.2, 0.25) is 0 Å². The molecular formula is C18H17N5O4. The third-order valence-electron chi connectivity index (χ3n) is 3.43. The number of amides is 1. The van der Waals surface area contributed by atoms with Gasteiger partial charge >= 0.3 is 5.97 Å². The number of nitrogens with zero attached hydrogens (tertiary/aromatic N) is 4. The molecule has 3 aromatic rings. The summed E-state index contributed by atoms with van der Waals surface area (Å²) < 4.78 is 11.8. The summed E-state index contributed by atoms with van der Waals surface area (Å²) >= 11 is 0. The summed E-state index contributed by atoms with van der Waals surface area (Å²) in [7, 11) is 0. The molecule has 0 aliphatic heterocycles. The smallest absolute Gasteiger partial charge is 0.328 e. The van der Waals surface area contributed by atoms with Gasteiger partial charge in [0.15, 0.2) is 6.61 Å². The number of nitrogens with one attached hydrogen (secondary N) is 1. The Morgan fingerprint density at radius 2 is 1.81 bits per heavy atom. The summed E-state index contributed by atoms with van der Waals surface area (Å²) in [6.45, 7) is -0.0925. The van der Waals surface area contributed by atoms with Crippen molar-refractivity contribution >= 4 is 17.6 Å². The van der Waals surface area contributed by atoms with Crippen molar-refractivity contribution in [1.82, 2.24) is 20.2 Å². The average Bonchev–Trinajstić information content (AvgIpc) is 3.20. The Kier molecular flexibility index (Phi) is 6.08. The lowest BCUT2D eigenvalue weighted by Crippen LogP contribution is -2.23. The van der Waals surface area contributed by atoms with Crippen molar-refractivity contribution in [1.29, 1.82) is 0 Å². The van der Waals surface area contributed by atoms with Gasteiger partial charge in [0.25, 0.3) is 5.91 Å². The van der Waals surface area contributed by atoms with Crippen molar-refractivity contribution < 1.29 is 19.1 Å². The van der Waals surface area contributed by atoms with E-state index in [1.165, 1.54) is 11.0 Å². The largest absolute Gasteiger partial charge is 0.489 e. The molecule has 0 fully saturated rings. The standard InChI is InChI=1S/C18H17N5O4/c24-17(12-27-18(25)10-23-13-19-21-22-23)20-15-6-8-16(9-7-15)26-11-14-4-2-1-3-5-14/h1-9,13H,10-12H2,(H,20,24). The van der Waals surface area contributed by atoms with Crippen molar-refractivity contribution in [3.8, 4) is 5.75 Å². The number of carbonyl (C=O) groups is 2. The highest BCUT2D eigenvalue weighted by atomic mass is 16.5. The van der Waals surface area contributed by atoms with Gasteiger partial charge in [0, 0.05) is 5.69 Å². The molecule has 27 heavy (non-hydrogen) atoms. The predicted molar refractivity (Wildman–Crippen MR) is 94.6 cm³/mol. The lowest BCUT2D eigenvalue weighted by atomic mass is 10.2. The number of anilines is 1. The normalized spacial score (nSPS) is 10.2. The summed E-state index contributed by atoms with van der Waals surface area (Å²) in [6.07, 6.45) is 1.28. The quantitative estimate of drug-likeness (QED) is 0.600. The van der Waals surface area contributed by atoms with Crippen LogP contribution in [0, 0.1) is 0 Å². The number of hydrogen-bond donors (Lipinski definition) is 1. The molecule has 1 heterocycles. The first-order valence-electron chi connectivity index (χ1n) is 8.12. The second kappa shape index (κ2) is 9.09. The van der Waals surface area contributed by atoms with Crippen LogP contribution in [0.2, 0.25) is 0 Å². The van der Waals surface area contributed by atoms with Crippen LogP contribution in [0.4, 0.5) is 5.69 Å². The molecule has 9 nitrogen and oxygen atoms in total. The van der Waals surface area contributed by atoms with Gasteiger partial charge in [-0.25, -0.2) is 4.68 Å². The molecule has 0 spiro atoms. The number of carbonyl (C=O) groups excluding carboxylic acids is 2. The SMILES string of the molecule is O=C(COC(=O)Cn1cnnn1)Nc1ccc(OCc2ccccc2)cc1. The van der Waals surface area contributed by atoms with Gasteiger partial charge in [0.05, 0.1) is 0 Å². The fourth-order valence-electron chi connectivity index (χ4n) is 2.15. The lowest BCUT2D eigenvalue weighted by Gasteiger charge is -2.09. The van der Waals surface area contributed by atoms with Crippen molar-refractivity contribution in [3.63, 3.8) is 0 Å². The highest BCUT2D eigenvalue weighted by Gasteiger charge is 2.09. The van der Waals surface area contributed by atoms with E-state index >= 15 is 0 Å². The first-order valence-corrected chi connectivity index (χ1v) is 8.12. The Hall–Kier alpha value is -3.75. The Bertz CT molecular complexity index is 867. The summed E-state index contributed by atoms with van der Waals surface area (Å²) in [5, 5.41) is 13.0. The van der Waals surface area contributed by atoms with E-state index in [2.05, 4.69) is 20.8 Å². The topological polar surface area (TPSA) is 108 Å². The van der Waals surface area contributed by atoms with E-state index < -0.39 is 18.5 Å². The Morgan fingerprint density at radius 1 is 1.04 bits per heavy atom. The van der Waals surface area contributed by atoms with E-state index in [1.54, 1.807) is 24.3 Å². The fraction of sp³-hybridized carbons (Fsp3) is 0.167. The molecule has 3 rings (SSSR count). The number of rotatable bonds is 8. The number of esters is 1. The molecule has 1 N–H and O–H groups in total. The van der Waals surface area contributed by atoms with Gasteiger partial charge in [-0.15, -0.1) is 5.10 Å². The zero-order chi connectivity index (χ0) is 18.9. The number of benzene rings is 2. The van der Waals surface area contributed by atoms with Crippen LogP contribution in [0.15, 0.2) is 60.9 Å². The number of ether oxygens (including phenoxy) is 2. The molecule has 138 valence electrons. The maximum Gasteiger partial charge on any atom is 0.328 e. The predicted octanol–water partition coefficient (Wildman–Crippen LogP) is 1.43. The lowest BCUT2D eigenvalue weighted by molar-refractivity contribution is -0.148. The van der Waals surface area contributed by atoms with Gasteiger partial charge in [-0.1, -0.05) is 30.3 Å². The molecule has 9 heteroatoms. The van der Waals surface area contributed by atoms with Crippen molar-refractivity contribution in [2.45, 2.75) is 13.2 Å². The van der Waals surface area contributed by atoms with E-state index in [0.717, 1.165) is 5.56 Å². The first-order chi connectivity index (χ1) is 13.2. The summed E-state index contributed by atoms with van der Waals surface area (Å²) in [5.74, 6) is -0.371. The molecule has 0 aliphatic rings. The van der Waals surface area contributed by atoms with Gasteiger partial charge in [0.1, 0.15) is 25.2 Å². The minimum Gasteiger partial charge on any atom is -0.489 e. The van der Waals surface area contributed by atoms with E-state index in [4.69, 9.17) is 9.47 Å². The zero-order valence-corrected chi connectivity index (χ0v) is 14.3. The molecule has 0 bridgehead atoms. The fourth-order valence-corrected chi connectivity index (χ4v) is 2.15. The summed E-state index contributed by atoms with van der Waals surface area (Å²) in [4.78, 5) is 23.4. The molecule has 2 aromatic carbocycles. The monoisotopic (exact) mass is 367 g/mol. The van der Waals surface area contributed by atoms with Crippen LogP contribution in [0.5, 0.6) is 5.75 Å². The molecule has 0 saturated heterocycles. The van der Waals surface area contributed by atoms with E-state index in [1.807, 2.05) is 30.3 Å². The third kappa shape index (κ3) is 5.92. The molecule has 0 radical (unpaired) electrons. The van der Waals surface area contributed by atoms with E-state index in [0.29, 0.717) is 18.0 Å². The number of aromatic nitrogens is 4. The molecule has 0 atom stereocenters. The van der Waals surface area contributed by atoms with E-state index in [-0.39, 0.29) is 6.54 Å². The summed E-state index contributed by atoms with van der Waals surface area (Å²) in [6, 6.07) is 16.7. The third-order valence-corrected chi connectivity index (χ3v) is 3.43. The van der Waals surface area contributed by atoms with Gasteiger partial charge in [-0.2, -0.15) is 0 Å². The second-order valence-corrected chi connectivity index (χ2v) is 5.51. The maximum absolute atomic E-state index is 11.8. The molecule has 1 amide bonds.